The molecule has 0 bridgehead atoms. The zero-order valence-corrected chi connectivity index (χ0v) is 12.3. The van der Waals surface area contributed by atoms with Crippen molar-refractivity contribution in [2.24, 2.45) is 0 Å². The third-order valence-electron chi connectivity index (χ3n) is 4.41. The predicted molar refractivity (Wildman–Crippen MR) is 76.3 cm³/mol. The summed E-state index contributed by atoms with van der Waals surface area (Å²) < 4.78 is 13.5. The maximum Gasteiger partial charge on any atom is 0.325 e. The van der Waals surface area contributed by atoms with Crippen LogP contribution in [0.2, 0.25) is 5.02 Å². The van der Waals surface area contributed by atoms with Gasteiger partial charge in [-0.1, -0.05) is 36.9 Å². The maximum atomic E-state index is 13.5. The van der Waals surface area contributed by atoms with Crippen molar-refractivity contribution in [1.82, 2.24) is 10.2 Å². The van der Waals surface area contributed by atoms with Crippen molar-refractivity contribution >= 4 is 23.5 Å². The number of urea groups is 1. The van der Waals surface area contributed by atoms with Crippen LogP contribution in [0.1, 0.15) is 37.7 Å². The van der Waals surface area contributed by atoms with E-state index in [1.807, 2.05) is 0 Å². The highest BCUT2D eigenvalue weighted by molar-refractivity contribution is 6.30. The molecule has 1 aliphatic carbocycles. The molecular weight excluding hydrogens is 295 g/mol. The quantitative estimate of drug-likeness (QED) is 0.853. The van der Waals surface area contributed by atoms with E-state index in [-0.39, 0.29) is 17.5 Å². The number of carbonyl (C=O) groups excluding carboxylic acids is 2. The number of carbonyl (C=O) groups is 2. The van der Waals surface area contributed by atoms with Gasteiger partial charge in [0.1, 0.15) is 11.4 Å². The van der Waals surface area contributed by atoms with E-state index in [1.165, 1.54) is 12.1 Å². The van der Waals surface area contributed by atoms with E-state index < -0.39 is 17.4 Å². The molecule has 6 heteroatoms. The first-order valence-corrected chi connectivity index (χ1v) is 7.48. The van der Waals surface area contributed by atoms with Crippen LogP contribution in [0, 0.1) is 5.82 Å². The van der Waals surface area contributed by atoms with Crippen LogP contribution in [0.4, 0.5) is 9.18 Å². The van der Waals surface area contributed by atoms with E-state index in [0.29, 0.717) is 18.4 Å². The zero-order valence-electron chi connectivity index (χ0n) is 11.5. The summed E-state index contributed by atoms with van der Waals surface area (Å²) in [5.41, 5.74) is -0.127. The van der Waals surface area contributed by atoms with Crippen LogP contribution in [0.3, 0.4) is 0 Å². The van der Waals surface area contributed by atoms with Gasteiger partial charge in [0.25, 0.3) is 5.91 Å². The van der Waals surface area contributed by atoms with Gasteiger partial charge < -0.3 is 4.90 Å². The molecule has 1 aliphatic heterocycles. The number of rotatable bonds is 2. The summed E-state index contributed by atoms with van der Waals surface area (Å²) >= 11 is 5.67. The minimum atomic E-state index is -0.758. The Balaban J connectivity index is 1.89. The fourth-order valence-corrected chi connectivity index (χ4v) is 3.39. The van der Waals surface area contributed by atoms with Gasteiger partial charge >= 0.3 is 6.03 Å². The van der Waals surface area contributed by atoms with Crippen LogP contribution in [-0.2, 0) is 11.3 Å². The second-order valence-corrected chi connectivity index (χ2v) is 6.09. The van der Waals surface area contributed by atoms with Gasteiger partial charge in [-0.05, 0) is 30.5 Å². The number of hydrogen-bond acceptors (Lipinski definition) is 2. The first-order chi connectivity index (χ1) is 10.0. The minimum Gasteiger partial charge on any atom is -0.305 e. The summed E-state index contributed by atoms with van der Waals surface area (Å²) in [6.07, 6.45) is 4.26. The standard InChI is InChI=1S/C15H16ClFN2O2/c16-11-5-4-10(8-12(11)17)9-19-14(21)18-13(20)15(19)6-2-1-3-7-15/h4-5,8H,1-3,6-7,9H2,(H,18,20,21). The minimum absolute atomic E-state index is 0.0491. The number of hydrogen-bond donors (Lipinski definition) is 1. The molecule has 1 aromatic carbocycles. The summed E-state index contributed by atoms with van der Waals surface area (Å²) in [6, 6.07) is 4.07. The van der Waals surface area contributed by atoms with Crippen LogP contribution in [-0.4, -0.2) is 22.4 Å². The van der Waals surface area contributed by atoms with Crippen LogP contribution in [0.25, 0.3) is 0 Å². The Bertz CT molecular complexity index is 599. The molecule has 0 aromatic heterocycles. The Kier molecular flexibility index (Phi) is 3.61. The fraction of sp³-hybridized carbons (Fsp3) is 0.467. The Morgan fingerprint density at radius 3 is 2.62 bits per heavy atom. The molecule has 1 saturated carbocycles. The van der Waals surface area contributed by atoms with Crippen molar-refractivity contribution in [1.29, 1.82) is 0 Å². The van der Waals surface area contributed by atoms with Crippen molar-refractivity contribution in [3.8, 4) is 0 Å². The van der Waals surface area contributed by atoms with Crippen molar-refractivity contribution in [3.63, 3.8) is 0 Å². The van der Waals surface area contributed by atoms with Crippen molar-refractivity contribution < 1.29 is 14.0 Å². The number of halogens is 2. The SMILES string of the molecule is O=C1NC(=O)C2(CCCCC2)N1Cc1ccc(Cl)c(F)c1. The van der Waals surface area contributed by atoms with E-state index in [1.54, 1.807) is 11.0 Å². The normalized spacial score (nSPS) is 21.0. The van der Waals surface area contributed by atoms with Crippen LogP contribution in [0.5, 0.6) is 0 Å². The lowest BCUT2D eigenvalue weighted by molar-refractivity contribution is -0.128. The number of amides is 3. The molecule has 0 atom stereocenters. The van der Waals surface area contributed by atoms with Gasteiger partial charge in [0.05, 0.1) is 5.02 Å². The fourth-order valence-electron chi connectivity index (χ4n) is 3.28. The molecule has 1 aromatic rings. The summed E-state index contributed by atoms with van der Waals surface area (Å²) in [5.74, 6) is -0.737. The maximum absolute atomic E-state index is 13.5. The molecule has 2 aliphatic rings. The van der Waals surface area contributed by atoms with Crippen molar-refractivity contribution in [2.45, 2.75) is 44.2 Å². The molecular formula is C15H16ClFN2O2. The topological polar surface area (TPSA) is 49.4 Å². The van der Waals surface area contributed by atoms with Crippen LogP contribution < -0.4 is 5.32 Å². The first-order valence-electron chi connectivity index (χ1n) is 7.10. The van der Waals surface area contributed by atoms with E-state index in [0.717, 1.165) is 19.3 Å². The van der Waals surface area contributed by atoms with Gasteiger partial charge in [-0.25, -0.2) is 9.18 Å². The molecule has 0 radical (unpaired) electrons. The molecule has 1 saturated heterocycles. The number of nitrogens with zero attached hydrogens (tertiary/aromatic N) is 1. The molecule has 2 fully saturated rings. The van der Waals surface area contributed by atoms with Gasteiger partial charge in [-0.3, -0.25) is 10.1 Å². The third kappa shape index (κ3) is 2.39. The molecule has 3 amide bonds. The van der Waals surface area contributed by atoms with E-state index in [2.05, 4.69) is 5.32 Å². The number of benzene rings is 1. The Morgan fingerprint density at radius 2 is 1.95 bits per heavy atom. The molecule has 1 N–H and O–H groups in total. The van der Waals surface area contributed by atoms with E-state index >= 15 is 0 Å². The average molecular weight is 311 g/mol. The second-order valence-electron chi connectivity index (χ2n) is 5.69. The molecule has 1 spiro atoms. The lowest BCUT2D eigenvalue weighted by atomic mass is 9.80. The van der Waals surface area contributed by atoms with Crippen molar-refractivity contribution in [3.05, 3.63) is 34.6 Å². The summed E-state index contributed by atoms with van der Waals surface area (Å²) in [4.78, 5) is 25.9. The summed E-state index contributed by atoms with van der Waals surface area (Å²) in [6.45, 7) is 0.214. The number of imide groups is 1. The molecule has 112 valence electrons. The van der Waals surface area contributed by atoms with Gasteiger partial charge in [0.15, 0.2) is 0 Å². The van der Waals surface area contributed by atoms with E-state index in [9.17, 15) is 14.0 Å². The van der Waals surface area contributed by atoms with Gasteiger partial charge in [-0.2, -0.15) is 0 Å². The van der Waals surface area contributed by atoms with Gasteiger partial charge in [0, 0.05) is 6.54 Å². The molecule has 1 heterocycles. The number of nitrogens with one attached hydrogen (secondary N) is 1. The second kappa shape index (κ2) is 5.30. The monoisotopic (exact) mass is 310 g/mol. The average Bonchev–Trinajstić information content (AvgIpc) is 2.68. The Labute approximate surface area is 127 Å². The van der Waals surface area contributed by atoms with E-state index in [4.69, 9.17) is 11.6 Å². The molecule has 0 unspecified atom stereocenters. The van der Waals surface area contributed by atoms with Gasteiger partial charge in [-0.15, -0.1) is 0 Å². The highest BCUT2D eigenvalue weighted by Gasteiger charge is 2.52. The zero-order chi connectivity index (χ0) is 15.0. The highest BCUT2D eigenvalue weighted by Crippen LogP contribution is 2.38. The lowest BCUT2D eigenvalue weighted by Gasteiger charge is -2.38. The summed E-state index contributed by atoms with van der Waals surface area (Å²) in [5, 5.41) is 2.45. The van der Waals surface area contributed by atoms with Crippen LogP contribution in [0.15, 0.2) is 18.2 Å². The van der Waals surface area contributed by atoms with Gasteiger partial charge in [0.2, 0.25) is 0 Å². The van der Waals surface area contributed by atoms with Crippen molar-refractivity contribution in [2.75, 3.05) is 0 Å². The largest absolute Gasteiger partial charge is 0.325 e. The van der Waals surface area contributed by atoms with Crippen LogP contribution >= 0.6 is 11.6 Å². The lowest BCUT2D eigenvalue weighted by Crippen LogP contribution is -2.50. The molecule has 3 rings (SSSR count). The Morgan fingerprint density at radius 1 is 1.24 bits per heavy atom. The Hall–Kier alpha value is -1.62. The third-order valence-corrected chi connectivity index (χ3v) is 4.72. The first kappa shape index (κ1) is 14.3. The molecule has 21 heavy (non-hydrogen) atoms. The summed E-state index contributed by atoms with van der Waals surface area (Å²) in [7, 11) is 0. The smallest absolute Gasteiger partial charge is 0.305 e. The highest BCUT2D eigenvalue weighted by atomic mass is 35.5. The predicted octanol–water partition coefficient (Wildman–Crippen LogP) is 3.23. The molecule has 4 nitrogen and oxygen atoms in total.